The van der Waals surface area contributed by atoms with Crippen molar-refractivity contribution >= 4 is 17.5 Å². The summed E-state index contributed by atoms with van der Waals surface area (Å²) < 4.78 is 7.26. The molecule has 0 aliphatic carbocycles. The van der Waals surface area contributed by atoms with Gasteiger partial charge in [-0.3, -0.25) is 9.59 Å². The number of ketones is 2. The number of hydrogen-bond donors (Lipinski definition) is 1. The Morgan fingerprint density at radius 1 is 1.00 bits per heavy atom. The first-order chi connectivity index (χ1) is 14.1. The number of nitrogens with one attached hydrogen (secondary N) is 1. The van der Waals surface area contributed by atoms with Gasteiger partial charge >= 0.3 is 5.97 Å². The zero-order valence-corrected chi connectivity index (χ0v) is 18.2. The number of benzene rings is 1. The summed E-state index contributed by atoms with van der Waals surface area (Å²) in [5.41, 5.74) is 6.20. The van der Waals surface area contributed by atoms with Crippen molar-refractivity contribution in [3.63, 3.8) is 0 Å². The van der Waals surface area contributed by atoms with Gasteiger partial charge in [0.15, 0.2) is 12.4 Å². The molecule has 0 aliphatic rings. The molecule has 6 heteroatoms. The third-order valence-electron chi connectivity index (χ3n) is 5.35. The fourth-order valence-electron chi connectivity index (χ4n) is 3.90. The van der Waals surface area contributed by atoms with Gasteiger partial charge in [-0.1, -0.05) is 17.7 Å². The monoisotopic (exact) mass is 406 g/mol. The second-order valence-corrected chi connectivity index (χ2v) is 7.64. The van der Waals surface area contributed by atoms with Crippen LogP contribution in [-0.4, -0.2) is 33.7 Å². The molecule has 3 aromatic rings. The van der Waals surface area contributed by atoms with Crippen LogP contribution in [0.4, 0.5) is 0 Å². The van der Waals surface area contributed by atoms with Gasteiger partial charge in [0.25, 0.3) is 0 Å². The van der Waals surface area contributed by atoms with Gasteiger partial charge in [-0.05, 0) is 65.3 Å². The Hall–Kier alpha value is -3.41. The second-order valence-electron chi connectivity index (χ2n) is 7.64. The van der Waals surface area contributed by atoms with Gasteiger partial charge < -0.3 is 14.3 Å². The maximum atomic E-state index is 12.8. The maximum Gasteiger partial charge on any atom is 0.355 e. The van der Waals surface area contributed by atoms with Crippen LogP contribution in [0.25, 0.3) is 5.69 Å². The molecule has 0 amide bonds. The SMILES string of the molecule is CC(=O)c1c(C)[nH]c(C(=O)OCC(=O)c2cc(C)n(-c3ccc(C)cc3)c2C)c1C. The molecule has 0 unspecified atom stereocenters. The van der Waals surface area contributed by atoms with Crippen molar-refractivity contribution in [2.45, 2.75) is 41.5 Å². The molecule has 0 fully saturated rings. The van der Waals surface area contributed by atoms with Crippen molar-refractivity contribution in [3.8, 4) is 5.69 Å². The van der Waals surface area contributed by atoms with Crippen LogP contribution in [0.15, 0.2) is 30.3 Å². The minimum absolute atomic E-state index is 0.125. The molecule has 0 bridgehead atoms. The van der Waals surface area contributed by atoms with Gasteiger partial charge in [0.2, 0.25) is 5.78 Å². The highest BCUT2D eigenvalue weighted by Gasteiger charge is 2.23. The van der Waals surface area contributed by atoms with E-state index in [1.807, 2.05) is 55.7 Å². The van der Waals surface area contributed by atoms with E-state index in [0.29, 0.717) is 22.4 Å². The number of carbonyl (C=O) groups is 3. The summed E-state index contributed by atoms with van der Waals surface area (Å²) in [6, 6.07) is 9.86. The minimum Gasteiger partial charge on any atom is -0.453 e. The second kappa shape index (κ2) is 8.14. The number of esters is 1. The summed E-state index contributed by atoms with van der Waals surface area (Å²) in [6.45, 7) is 10.3. The topological polar surface area (TPSA) is 81.2 Å². The fourth-order valence-corrected chi connectivity index (χ4v) is 3.90. The van der Waals surface area contributed by atoms with E-state index in [9.17, 15) is 14.4 Å². The number of aromatic nitrogens is 2. The number of H-pyrrole nitrogens is 1. The lowest BCUT2D eigenvalue weighted by Crippen LogP contribution is -2.16. The fraction of sp³-hybridized carbons (Fsp3) is 0.292. The van der Waals surface area contributed by atoms with E-state index in [0.717, 1.165) is 22.6 Å². The highest BCUT2D eigenvalue weighted by atomic mass is 16.5. The quantitative estimate of drug-likeness (QED) is 0.480. The lowest BCUT2D eigenvalue weighted by molar-refractivity contribution is 0.0468. The molecule has 0 atom stereocenters. The molecular formula is C24H26N2O4. The molecule has 0 radical (unpaired) electrons. The molecule has 156 valence electrons. The molecule has 0 saturated heterocycles. The molecule has 2 aromatic heterocycles. The average molecular weight is 406 g/mol. The normalized spacial score (nSPS) is 10.9. The number of nitrogens with zero attached hydrogens (tertiary/aromatic N) is 1. The van der Waals surface area contributed by atoms with Crippen LogP contribution < -0.4 is 0 Å². The predicted octanol–water partition coefficient (Wildman–Crippen LogP) is 4.59. The Labute approximate surface area is 175 Å². The first-order valence-electron chi connectivity index (χ1n) is 9.78. The smallest absolute Gasteiger partial charge is 0.355 e. The lowest BCUT2D eigenvalue weighted by atomic mass is 10.1. The van der Waals surface area contributed by atoms with Crippen LogP contribution in [0, 0.1) is 34.6 Å². The molecule has 30 heavy (non-hydrogen) atoms. The third kappa shape index (κ3) is 3.85. The van der Waals surface area contributed by atoms with Crippen LogP contribution in [0.2, 0.25) is 0 Å². The first-order valence-corrected chi connectivity index (χ1v) is 9.78. The van der Waals surface area contributed by atoms with E-state index in [2.05, 4.69) is 4.98 Å². The standard InChI is InChI=1S/C24H26N2O4/c1-13-7-9-19(10-8-13)26-14(2)11-20(17(26)5)21(28)12-30-24(29)23-15(3)22(18(6)27)16(4)25-23/h7-11,25H,12H2,1-6H3. The Kier molecular flexibility index (Phi) is 5.78. The van der Waals surface area contributed by atoms with E-state index < -0.39 is 5.97 Å². The van der Waals surface area contributed by atoms with Crippen LogP contribution in [0.3, 0.4) is 0 Å². The van der Waals surface area contributed by atoms with Crippen molar-refractivity contribution in [2.75, 3.05) is 6.61 Å². The van der Waals surface area contributed by atoms with Crippen molar-refractivity contribution in [3.05, 3.63) is 75.4 Å². The van der Waals surface area contributed by atoms with Crippen molar-refractivity contribution in [1.82, 2.24) is 9.55 Å². The summed E-state index contributed by atoms with van der Waals surface area (Å²) in [4.78, 5) is 39.9. The van der Waals surface area contributed by atoms with Crippen LogP contribution >= 0.6 is 0 Å². The predicted molar refractivity (Wildman–Crippen MR) is 115 cm³/mol. The highest BCUT2D eigenvalue weighted by Crippen LogP contribution is 2.23. The van der Waals surface area contributed by atoms with Gasteiger partial charge in [-0.2, -0.15) is 0 Å². The molecule has 3 rings (SSSR count). The number of carbonyl (C=O) groups excluding carboxylic acids is 3. The Morgan fingerprint density at radius 2 is 1.63 bits per heavy atom. The minimum atomic E-state index is -0.649. The van der Waals surface area contributed by atoms with E-state index >= 15 is 0 Å². The van der Waals surface area contributed by atoms with Crippen molar-refractivity contribution in [2.24, 2.45) is 0 Å². The van der Waals surface area contributed by atoms with Crippen LogP contribution in [-0.2, 0) is 4.74 Å². The van der Waals surface area contributed by atoms with Gasteiger partial charge in [-0.15, -0.1) is 0 Å². The number of rotatable bonds is 6. The molecule has 0 saturated carbocycles. The molecule has 1 aromatic carbocycles. The summed E-state index contributed by atoms with van der Waals surface area (Å²) in [7, 11) is 0. The maximum absolute atomic E-state index is 12.8. The molecule has 2 heterocycles. The number of ether oxygens (including phenoxy) is 1. The molecule has 0 aliphatic heterocycles. The van der Waals surface area contributed by atoms with Crippen LogP contribution in [0.5, 0.6) is 0 Å². The van der Waals surface area contributed by atoms with Crippen molar-refractivity contribution in [1.29, 1.82) is 0 Å². The Bertz CT molecular complexity index is 1150. The Balaban J connectivity index is 1.78. The van der Waals surface area contributed by atoms with E-state index in [4.69, 9.17) is 4.74 Å². The summed E-state index contributed by atoms with van der Waals surface area (Å²) in [5.74, 6) is -1.05. The van der Waals surface area contributed by atoms with E-state index in [1.165, 1.54) is 6.92 Å². The van der Waals surface area contributed by atoms with Crippen LogP contribution in [0.1, 0.15) is 66.3 Å². The van der Waals surface area contributed by atoms with E-state index in [-0.39, 0.29) is 23.9 Å². The molecule has 1 N–H and O–H groups in total. The van der Waals surface area contributed by atoms with Gasteiger partial charge in [-0.25, -0.2) is 4.79 Å². The largest absolute Gasteiger partial charge is 0.453 e. The first kappa shape index (κ1) is 21.3. The number of aryl methyl sites for hydroxylation is 3. The Morgan fingerprint density at radius 3 is 2.20 bits per heavy atom. The number of hydrogen-bond acceptors (Lipinski definition) is 4. The van der Waals surface area contributed by atoms with E-state index in [1.54, 1.807) is 13.8 Å². The van der Waals surface area contributed by atoms with Gasteiger partial charge in [0.05, 0.1) is 0 Å². The van der Waals surface area contributed by atoms with Crippen molar-refractivity contribution < 1.29 is 19.1 Å². The summed E-state index contributed by atoms with van der Waals surface area (Å²) >= 11 is 0. The van der Waals surface area contributed by atoms with Gasteiger partial charge in [0, 0.05) is 33.9 Å². The van der Waals surface area contributed by atoms with Gasteiger partial charge in [0.1, 0.15) is 5.69 Å². The zero-order valence-electron chi connectivity index (χ0n) is 18.2. The summed E-state index contributed by atoms with van der Waals surface area (Å²) in [6.07, 6.45) is 0. The highest BCUT2D eigenvalue weighted by molar-refractivity contribution is 6.03. The number of Topliss-reactive ketones (excluding diaryl/α,β-unsaturated/α-hetero) is 2. The lowest BCUT2D eigenvalue weighted by Gasteiger charge is -2.10. The molecule has 0 spiro atoms. The summed E-state index contributed by atoms with van der Waals surface area (Å²) in [5, 5.41) is 0. The third-order valence-corrected chi connectivity index (χ3v) is 5.35. The zero-order chi connectivity index (χ0) is 22.2. The molecule has 6 nitrogen and oxygen atoms in total. The molecular weight excluding hydrogens is 380 g/mol. The number of aromatic amines is 1. The average Bonchev–Trinajstić information content (AvgIpc) is 3.15.